The fourth-order valence-electron chi connectivity index (χ4n) is 2.10. The predicted molar refractivity (Wildman–Crippen MR) is 93.5 cm³/mol. The van der Waals surface area contributed by atoms with Gasteiger partial charge in [0.15, 0.2) is 0 Å². The largest absolute Gasteiger partial charge is 0.487 e. The van der Waals surface area contributed by atoms with Crippen LogP contribution in [0.4, 0.5) is 5.69 Å². The van der Waals surface area contributed by atoms with Gasteiger partial charge in [-0.3, -0.25) is 14.9 Å². The van der Waals surface area contributed by atoms with E-state index in [-0.39, 0.29) is 12.3 Å². The maximum Gasteiger partial charge on any atom is 0.269 e. The zero-order valence-corrected chi connectivity index (χ0v) is 13.7. The first kappa shape index (κ1) is 16.6. The molecule has 0 aliphatic rings. The van der Waals surface area contributed by atoms with Crippen molar-refractivity contribution in [2.75, 3.05) is 0 Å². The second-order valence-electron chi connectivity index (χ2n) is 5.13. The quantitative estimate of drug-likeness (QED) is 0.538. The van der Waals surface area contributed by atoms with E-state index < -0.39 is 10.8 Å². The van der Waals surface area contributed by atoms with Gasteiger partial charge in [0, 0.05) is 28.6 Å². The number of amides is 1. The molecule has 3 rings (SSSR count). The Morgan fingerprint density at radius 3 is 2.44 bits per heavy atom. The lowest BCUT2D eigenvalue weighted by Crippen LogP contribution is -2.10. The van der Waals surface area contributed by atoms with E-state index in [1.54, 1.807) is 36.4 Å². The average molecular weight is 355 g/mol. The molecule has 3 aromatic rings. The maximum absolute atomic E-state index is 11.1. The van der Waals surface area contributed by atoms with Gasteiger partial charge in [0.1, 0.15) is 17.4 Å². The summed E-state index contributed by atoms with van der Waals surface area (Å²) in [5.74, 6) is 0.0637. The number of hydrogen-bond acceptors (Lipinski definition) is 6. The molecule has 0 saturated heterocycles. The Morgan fingerprint density at radius 2 is 1.84 bits per heavy atom. The van der Waals surface area contributed by atoms with Gasteiger partial charge < -0.3 is 10.5 Å². The van der Waals surface area contributed by atoms with Crippen LogP contribution in [0.1, 0.15) is 16.1 Å². The molecule has 0 radical (unpaired) electrons. The molecule has 0 spiro atoms. The van der Waals surface area contributed by atoms with E-state index in [1.807, 2.05) is 5.38 Å². The molecule has 1 heterocycles. The molecule has 2 N–H and O–H groups in total. The van der Waals surface area contributed by atoms with Gasteiger partial charge >= 0.3 is 0 Å². The van der Waals surface area contributed by atoms with Crippen LogP contribution in [0.3, 0.4) is 0 Å². The molecule has 7 nitrogen and oxygen atoms in total. The van der Waals surface area contributed by atoms with Crippen molar-refractivity contribution < 1.29 is 14.5 Å². The summed E-state index contributed by atoms with van der Waals surface area (Å²) in [6.45, 7) is 0.258. The van der Waals surface area contributed by atoms with E-state index in [2.05, 4.69) is 4.98 Å². The minimum atomic E-state index is -0.470. The fraction of sp³-hybridized carbons (Fsp3) is 0.0588. The monoisotopic (exact) mass is 355 g/mol. The number of ether oxygens (including phenoxy) is 1. The van der Waals surface area contributed by atoms with E-state index >= 15 is 0 Å². The number of nitrogens with two attached hydrogens (primary N) is 1. The van der Waals surface area contributed by atoms with E-state index in [0.717, 1.165) is 16.3 Å². The molecule has 0 bridgehead atoms. The Labute approximate surface area is 146 Å². The lowest BCUT2D eigenvalue weighted by atomic mass is 10.1. The Balaban J connectivity index is 1.65. The molecule has 0 fully saturated rings. The van der Waals surface area contributed by atoms with Crippen LogP contribution in [0.2, 0.25) is 0 Å². The molecule has 25 heavy (non-hydrogen) atoms. The number of nitro groups is 1. The van der Waals surface area contributed by atoms with E-state index in [1.165, 1.54) is 23.5 Å². The second-order valence-corrected chi connectivity index (χ2v) is 5.98. The average Bonchev–Trinajstić information content (AvgIpc) is 3.09. The van der Waals surface area contributed by atoms with Gasteiger partial charge in [-0.2, -0.15) is 0 Å². The number of non-ortho nitro benzene ring substituents is 1. The third kappa shape index (κ3) is 3.99. The minimum absolute atomic E-state index is 0.0164. The van der Waals surface area contributed by atoms with Gasteiger partial charge in [0.25, 0.3) is 5.69 Å². The molecule has 2 aromatic carbocycles. The molecule has 0 atom stereocenters. The van der Waals surface area contributed by atoms with Gasteiger partial charge in [0.2, 0.25) is 5.91 Å². The smallest absolute Gasteiger partial charge is 0.269 e. The normalized spacial score (nSPS) is 10.4. The highest BCUT2D eigenvalue weighted by Gasteiger charge is 2.08. The number of carbonyl (C=O) groups is 1. The van der Waals surface area contributed by atoms with Gasteiger partial charge in [-0.15, -0.1) is 11.3 Å². The van der Waals surface area contributed by atoms with Crippen LogP contribution in [-0.4, -0.2) is 15.8 Å². The van der Waals surface area contributed by atoms with Gasteiger partial charge in [-0.25, -0.2) is 4.98 Å². The SMILES string of the molecule is NC(=O)c1ccc(-c2nc(COc3ccc([N+](=O)[O-])cc3)cs2)cc1. The molecule has 1 amide bonds. The summed E-state index contributed by atoms with van der Waals surface area (Å²) in [6.07, 6.45) is 0. The van der Waals surface area contributed by atoms with Crippen molar-refractivity contribution >= 4 is 22.9 Å². The number of hydrogen-bond donors (Lipinski definition) is 1. The highest BCUT2D eigenvalue weighted by Crippen LogP contribution is 2.25. The summed E-state index contributed by atoms with van der Waals surface area (Å²) in [7, 11) is 0. The third-order valence-corrected chi connectivity index (χ3v) is 4.34. The number of aromatic nitrogens is 1. The van der Waals surface area contributed by atoms with Crippen molar-refractivity contribution in [1.29, 1.82) is 0 Å². The predicted octanol–water partition coefficient (Wildman–Crippen LogP) is 3.40. The number of rotatable bonds is 6. The van der Waals surface area contributed by atoms with Crippen LogP contribution in [0.15, 0.2) is 53.9 Å². The number of carbonyl (C=O) groups excluding carboxylic acids is 1. The molecule has 0 aliphatic carbocycles. The topological polar surface area (TPSA) is 108 Å². The highest BCUT2D eigenvalue weighted by atomic mass is 32.1. The fourth-order valence-corrected chi connectivity index (χ4v) is 2.91. The number of benzene rings is 2. The Morgan fingerprint density at radius 1 is 1.16 bits per heavy atom. The zero-order chi connectivity index (χ0) is 17.8. The second kappa shape index (κ2) is 7.10. The Bertz CT molecular complexity index is 904. The summed E-state index contributed by atoms with van der Waals surface area (Å²) in [4.78, 5) is 25.7. The van der Waals surface area contributed by atoms with Crippen molar-refractivity contribution in [2.24, 2.45) is 5.73 Å². The maximum atomic E-state index is 11.1. The van der Waals surface area contributed by atoms with Gasteiger partial charge in [-0.05, 0) is 24.3 Å². The summed E-state index contributed by atoms with van der Waals surface area (Å²) >= 11 is 1.46. The van der Waals surface area contributed by atoms with Gasteiger partial charge in [-0.1, -0.05) is 12.1 Å². The first-order chi connectivity index (χ1) is 12.0. The molecular formula is C17H13N3O4S. The molecule has 1 aromatic heterocycles. The first-order valence-electron chi connectivity index (χ1n) is 7.25. The van der Waals surface area contributed by atoms with E-state index in [9.17, 15) is 14.9 Å². The molecule has 0 saturated carbocycles. The summed E-state index contributed by atoms with van der Waals surface area (Å²) < 4.78 is 5.59. The third-order valence-electron chi connectivity index (χ3n) is 3.40. The Hall–Kier alpha value is -3.26. The van der Waals surface area contributed by atoms with Crippen molar-refractivity contribution in [3.63, 3.8) is 0 Å². The van der Waals surface area contributed by atoms with Crippen LogP contribution < -0.4 is 10.5 Å². The van der Waals surface area contributed by atoms with E-state index in [4.69, 9.17) is 10.5 Å². The molecule has 0 aliphatic heterocycles. The first-order valence-corrected chi connectivity index (χ1v) is 8.13. The summed E-state index contributed by atoms with van der Waals surface area (Å²) in [6, 6.07) is 12.8. The van der Waals surface area contributed by atoms with E-state index in [0.29, 0.717) is 11.3 Å². The highest BCUT2D eigenvalue weighted by molar-refractivity contribution is 7.13. The van der Waals surface area contributed by atoms with Crippen LogP contribution in [0.5, 0.6) is 5.75 Å². The van der Waals surface area contributed by atoms with Crippen molar-refractivity contribution in [1.82, 2.24) is 4.98 Å². The van der Waals surface area contributed by atoms with Gasteiger partial charge in [0.05, 0.1) is 10.6 Å². The standard InChI is InChI=1S/C17H13N3O4S/c18-16(21)11-1-3-12(4-2-11)17-19-13(10-25-17)9-24-15-7-5-14(6-8-15)20(22)23/h1-8,10H,9H2,(H2,18,21). The number of thiazole rings is 1. The van der Waals surface area contributed by atoms with Crippen LogP contribution >= 0.6 is 11.3 Å². The van der Waals surface area contributed by atoms with Crippen LogP contribution in [0.25, 0.3) is 10.6 Å². The summed E-state index contributed by atoms with van der Waals surface area (Å²) in [5.41, 5.74) is 7.32. The molecule has 0 unspecified atom stereocenters. The number of nitro benzene ring substituents is 1. The lowest BCUT2D eigenvalue weighted by molar-refractivity contribution is -0.384. The Kier molecular flexibility index (Phi) is 4.71. The minimum Gasteiger partial charge on any atom is -0.487 e. The number of primary amides is 1. The van der Waals surface area contributed by atoms with Crippen LogP contribution in [-0.2, 0) is 6.61 Å². The number of nitrogens with zero attached hydrogens (tertiary/aromatic N) is 2. The van der Waals surface area contributed by atoms with Crippen molar-refractivity contribution in [2.45, 2.75) is 6.61 Å². The van der Waals surface area contributed by atoms with Crippen molar-refractivity contribution in [3.8, 4) is 16.3 Å². The molecule has 8 heteroatoms. The molecular weight excluding hydrogens is 342 g/mol. The molecule has 126 valence electrons. The van der Waals surface area contributed by atoms with Crippen molar-refractivity contribution in [3.05, 3.63) is 75.3 Å². The summed E-state index contributed by atoms with van der Waals surface area (Å²) in [5, 5.41) is 13.3. The zero-order valence-electron chi connectivity index (χ0n) is 12.9. The lowest BCUT2D eigenvalue weighted by Gasteiger charge is -2.03. The van der Waals surface area contributed by atoms with Crippen LogP contribution in [0, 0.1) is 10.1 Å².